The molecule has 34 heavy (non-hydrogen) atoms. The Bertz CT molecular complexity index is 816. The van der Waals surface area contributed by atoms with E-state index in [0.717, 1.165) is 37.8 Å². The number of nitrogens with two attached hydrogens (primary N) is 1. The Labute approximate surface area is 207 Å². The number of carbonyl (C=O) groups is 2. The first-order valence-corrected chi connectivity index (χ1v) is 18.8. The number of rotatable bonds is 13. The summed E-state index contributed by atoms with van der Waals surface area (Å²) in [6, 6.07) is 8.71. The van der Waals surface area contributed by atoms with Crippen molar-refractivity contribution in [3.8, 4) is 5.75 Å². The van der Waals surface area contributed by atoms with Crippen LogP contribution in [0.25, 0.3) is 0 Å². The summed E-state index contributed by atoms with van der Waals surface area (Å²) in [7, 11) is -2.00. The lowest BCUT2D eigenvalue weighted by atomic mass is 9.71. The van der Waals surface area contributed by atoms with Gasteiger partial charge in [0.25, 0.3) is 0 Å². The molecule has 0 bridgehead atoms. The molecule has 1 aliphatic carbocycles. The number of methoxy groups -OCH3 is 1. The van der Waals surface area contributed by atoms with E-state index in [2.05, 4.69) is 31.5 Å². The summed E-state index contributed by atoms with van der Waals surface area (Å²) in [5.74, 6) is -0.717. The lowest BCUT2D eigenvalue weighted by Gasteiger charge is -2.38. The second-order valence-electron chi connectivity index (χ2n) is 10.7. The molecule has 1 aliphatic rings. The molecule has 1 aromatic rings. The molecule has 7 nitrogen and oxygen atoms in total. The highest BCUT2D eigenvalue weighted by Gasteiger charge is 2.49. The van der Waals surface area contributed by atoms with Crippen LogP contribution >= 0.6 is 0 Å². The monoisotopic (exact) mass is 508 g/mol. The summed E-state index contributed by atoms with van der Waals surface area (Å²) in [6.45, 7) is 10.2. The zero-order valence-electron chi connectivity index (χ0n) is 21.6. The van der Waals surface area contributed by atoms with E-state index in [1.165, 1.54) is 0 Å². The van der Waals surface area contributed by atoms with Crippen molar-refractivity contribution in [1.29, 1.82) is 0 Å². The van der Waals surface area contributed by atoms with Crippen molar-refractivity contribution < 1.29 is 23.5 Å². The van der Waals surface area contributed by atoms with E-state index < -0.39 is 28.2 Å². The molecule has 1 amide bonds. The highest BCUT2D eigenvalue weighted by molar-refractivity contribution is 6.84. The van der Waals surface area contributed by atoms with Crippen molar-refractivity contribution in [2.75, 3.05) is 20.2 Å². The zero-order chi connectivity index (χ0) is 25.4. The number of amides is 1. The van der Waals surface area contributed by atoms with Gasteiger partial charge in [-0.2, -0.15) is 0 Å². The maximum absolute atomic E-state index is 13.2. The number of benzene rings is 1. The van der Waals surface area contributed by atoms with E-state index >= 15 is 0 Å². The van der Waals surface area contributed by atoms with E-state index in [1.54, 1.807) is 31.4 Å². The quantitative estimate of drug-likeness (QED) is 0.210. The lowest BCUT2D eigenvalue weighted by Crippen LogP contribution is -2.54. The minimum atomic E-state index is -1.84. The normalized spacial score (nSPS) is 21.2. The van der Waals surface area contributed by atoms with Crippen LogP contribution in [0.5, 0.6) is 5.75 Å². The Hall–Kier alpha value is -1.53. The molecule has 0 saturated heterocycles. The molecule has 0 spiro atoms. The molecular weight excluding hydrogens is 464 g/mol. The molecule has 192 valence electrons. The molecule has 0 radical (unpaired) electrons. The number of Topliss-reactive ketones (excluding diaryl/α,β-unsaturated/α-hetero) is 1. The number of hydrogen-bond donors (Lipinski definition) is 3. The van der Waals surface area contributed by atoms with Crippen LogP contribution in [0.3, 0.4) is 0 Å². The van der Waals surface area contributed by atoms with Crippen LogP contribution in [0.2, 0.25) is 38.3 Å². The minimum Gasteiger partial charge on any atom is -0.497 e. The Balaban J connectivity index is 1.93. The van der Waals surface area contributed by atoms with Crippen molar-refractivity contribution in [2.45, 2.75) is 82.4 Å². The standard InChI is InChI=1S/C25H44N2O5Si2/c1-31-21-13-11-20(12-14-21)23(28)25(30)15-7-6-10-22(25)24(29)27-17-9-19-34(4,5)32-33(2,3)18-8-16-26/h11-14,22,30H,6-10,15-19,26H2,1-5H3,(H,27,29). The third-order valence-corrected chi connectivity index (χ3v) is 14.3. The summed E-state index contributed by atoms with van der Waals surface area (Å²) >= 11 is 0. The van der Waals surface area contributed by atoms with Gasteiger partial charge in [0, 0.05) is 12.1 Å². The molecule has 1 aromatic carbocycles. The Morgan fingerprint density at radius 3 is 2.29 bits per heavy atom. The maximum Gasteiger partial charge on any atom is 0.226 e. The van der Waals surface area contributed by atoms with Crippen molar-refractivity contribution in [2.24, 2.45) is 11.7 Å². The molecule has 1 fully saturated rings. The van der Waals surface area contributed by atoms with Gasteiger partial charge < -0.3 is 25.0 Å². The van der Waals surface area contributed by atoms with Gasteiger partial charge in [0.15, 0.2) is 22.4 Å². The molecule has 0 aliphatic heterocycles. The number of aliphatic hydroxyl groups is 1. The van der Waals surface area contributed by atoms with Crippen molar-refractivity contribution in [1.82, 2.24) is 5.32 Å². The average molecular weight is 509 g/mol. The van der Waals surface area contributed by atoms with Gasteiger partial charge >= 0.3 is 0 Å². The van der Waals surface area contributed by atoms with Crippen LogP contribution in [0, 0.1) is 5.92 Å². The van der Waals surface area contributed by atoms with E-state index in [4.69, 9.17) is 14.6 Å². The van der Waals surface area contributed by atoms with Crippen LogP contribution < -0.4 is 15.8 Å². The molecule has 1 saturated carbocycles. The van der Waals surface area contributed by atoms with E-state index in [1.807, 2.05) is 0 Å². The van der Waals surface area contributed by atoms with E-state index in [-0.39, 0.29) is 11.7 Å². The highest BCUT2D eigenvalue weighted by atomic mass is 28.4. The minimum absolute atomic E-state index is 0.234. The predicted octanol–water partition coefficient (Wildman–Crippen LogP) is 4.08. The molecule has 0 heterocycles. The molecule has 0 aromatic heterocycles. The third-order valence-electron chi connectivity index (χ3n) is 6.73. The number of hydrogen-bond acceptors (Lipinski definition) is 6. The number of ketones is 1. The van der Waals surface area contributed by atoms with Gasteiger partial charge in [0.1, 0.15) is 11.4 Å². The fourth-order valence-electron chi connectivity index (χ4n) is 4.99. The van der Waals surface area contributed by atoms with Crippen molar-refractivity contribution in [3.05, 3.63) is 29.8 Å². The summed E-state index contributed by atoms with van der Waals surface area (Å²) in [6.07, 6.45) is 4.18. The molecular formula is C25H44N2O5Si2. The predicted molar refractivity (Wildman–Crippen MR) is 141 cm³/mol. The highest BCUT2D eigenvalue weighted by Crippen LogP contribution is 2.37. The SMILES string of the molecule is COc1ccc(C(=O)C2(O)CCCCC2C(=O)NCCC[Si](C)(C)O[Si](C)(C)CCCN)cc1. The first-order chi connectivity index (χ1) is 15.9. The topological polar surface area (TPSA) is 111 Å². The summed E-state index contributed by atoms with van der Waals surface area (Å²) in [4.78, 5) is 26.3. The summed E-state index contributed by atoms with van der Waals surface area (Å²) in [5, 5.41) is 14.4. The van der Waals surface area contributed by atoms with Gasteiger partial charge in [-0.25, -0.2) is 0 Å². The molecule has 2 atom stereocenters. The van der Waals surface area contributed by atoms with Crippen molar-refractivity contribution in [3.63, 3.8) is 0 Å². The fourth-order valence-corrected chi connectivity index (χ4v) is 13.9. The second kappa shape index (κ2) is 12.4. The number of nitrogens with one attached hydrogen (secondary N) is 1. The molecule has 4 N–H and O–H groups in total. The number of ether oxygens (including phenoxy) is 1. The molecule has 2 rings (SSSR count). The molecule has 2 unspecified atom stereocenters. The largest absolute Gasteiger partial charge is 0.497 e. The average Bonchev–Trinajstić information content (AvgIpc) is 2.79. The van der Waals surface area contributed by atoms with Crippen LogP contribution in [-0.2, 0) is 8.91 Å². The first kappa shape index (κ1) is 28.7. The molecule has 9 heteroatoms. The first-order valence-electron chi connectivity index (χ1n) is 12.5. The van der Waals surface area contributed by atoms with Crippen LogP contribution in [-0.4, -0.2) is 59.2 Å². The van der Waals surface area contributed by atoms with Gasteiger partial charge in [-0.1, -0.05) is 12.8 Å². The van der Waals surface area contributed by atoms with Crippen LogP contribution in [0.15, 0.2) is 24.3 Å². The smallest absolute Gasteiger partial charge is 0.226 e. The number of carbonyl (C=O) groups excluding carboxylic acids is 2. The van der Waals surface area contributed by atoms with E-state index in [0.29, 0.717) is 37.2 Å². The van der Waals surface area contributed by atoms with Gasteiger partial charge in [0.2, 0.25) is 5.91 Å². The van der Waals surface area contributed by atoms with Crippen LogP contribution in [0.4, 0.5) is 0 Å². The van der Waals surface area contributed by atoms with E-state index in [9.17, 15) is 14.7 Å². The Morgan fingerprint density at radius 1 is 1.09 bits per heavy atom. The summed E-state index contributed by atoms with van der Waals surface area (Å²) in [5.41, 5.74) is 4.39. The zero-order valence-corrected chi connectivity index (χ0v) is 23.6. The van der Waals surface area contributed by atoms with Gasteiger partial charge in [-0.05, 0) is 94.8 Å². The maximum atomic E-state index is 13.2. The second-order valence-corrected chi connectivity index (χ2v) is 19.5. The van der Waals surface area contributed by atoms with Crippen LogP contribution in [0.1, 0.15) is 48.9 Å². The Morgan fingerprint density at radius 2 is 1.71 bits per heavy atom. The van der Waals surface area contributed by atoms with Gasteiger partial charge in [-0.3, -0.25) is 9.59 Å². The third kappa shape index (κ3) is 8.01. The summed E-state index contributed by atoms with van der Waals surface area (Å²) < 4.78 is 11.8. The van der Waals surface area contributed by atoms with Crippen molar-refractivity contribution >= 4 is 28.3 Å². The van der Waals surface area contributed by atoms with Gasteiger partial charge in [0.05, 0.1) is 13.0 Å². The van der Waals surface area contributed by atoms with Gasteiger partial charge in [-0.15, -0.1) is 0 Å². The Kier molecular flexibility index (Phi) is 10.5. The lowest BCUT2D eigenvalue weighted by molar-refractivity contribution is -0.134. The fraction of sp³-hybridized carbons (Fsp3) is 0.680.